The third-order valence-corrected chi connectivity index (χ3v) is 3.64. The maximum Gasteiger partial charge on any atom is 0.0950 e. The van der Waals surface area contributed by atoms with E-state index in [-0.39, 0.29) is 12.1 Å². The van der Waals surface area contributed by atoms with Gasteiger partial charge in [-0.1, -0.05) is 34.1 Å². The summed E-state index contributed by atoms with van der Waals surface area (Å²) in [7, 11) is 0. The average molecular weight is 294 g/mol. The number of nitrogens with one attached hydrogen (secondary N) is 1. The van der Waals surface area contributed by atoms with Crippen LogP contribution in [-0.4, -0.2) is 0 Å². The van der Waals surface area contributed by atoms with Gasteiger partial charge < -0.3 is 9.73 Å². The van der Waals surface area contributed by atoms with Gasteiger partial charge in [-0.2, -0.15) is 0 Å². The summed E-state index contributed by atoms with van der Waals surface area (Å²) in [4.78, 5) is 0. The second kappa shape index (κ2) is 5.52. The van der Waals surface area contributed by atoms with Crippen molar-refractivity contribution in [1.29, 1.82) is 0 Å². The van der Waals surface area contributed by atoms with Crippen molar-refractivity contribution in [3.8, 4) is 0 Å². The lowest BCUT2D eigenvalue weighted by molar-refractivity contribution is 0.485. The summed E-state index contributed by atoms with van der Waals surface area (Å²) in [6, 6.07) is 10.8. The third kappa shape index (κ3) is 2.99. The standard InChI is InChI=1S/C14H16BrNO/c1-10(12-7-8-17-9-12)16-11(2)13-5-3-4-6-14(13)15/h3-11,16H,1-2H3. The van der Waals surface area contributed by atoms with Gasteiger partial charge in [-0.3, -0.25) is 0 Å². The van der Waals surface area contributed by atoms with E-state index in [2.05, 4.69) is 53.3 Å². The molecule has 1 N–H and O–H groups in total. The zero-order valence-electron chi connectivity index (χ0n) is 9.98. The van der Waals surface area contributed by atoms with Gasteiger partial charge in [0.1, 0.15) is 0 Å². The molecule has 0 amide bonds. The summed E-state index contributed by atoms with van der Waals surface area (Å²) in [6.07, 6.45) is 3.49. The molecule has 0 bridgehead atoms. The van der Waals surface area contributed by atoms with Crippen LogP contribution in [0.25, 0.3) is 0 Å². The summed E-state index contributed by atoms with van der Waals surface area (Å²) < 4.78 is 6.24. The van der Waals surface area contributed by atoms with Gasteiger partial charge in [0.2, 0.25) is 0 Å². The molecule has 3 heteroatoms. The fraction of sp³-hybridized carbons (Fsp3) is 0.286. The van der Waals surface area contributed by atoms with E-state index in [9.17, 15) is 0 Å². The SMILES string of the molecule is CC(NC(C)c1ccccc1Br)c1ccoc1. The Labute approximate surface area is 110 Å². The summed E-state index contributed by atoms with van der Waals surface area (Å²) in [6.45, 7) is 4.30. The van der Waals surface area contributed by atoms with E-state index in [1.165, 1.54) is 11.1 Å². The molecule has 2 nitrogen and oxygen atoms in total. The number of furan rings is 1. The van der Waals surface area contributed by atoms with Gasteiger partial charge in [-0.05, 0) is 31.5 Å². The van der Waals surface area contributed by atoms with E-state index in [4.69, 9.17) is 4.42 Å². The second-order valence-electron chi connectivity index (χ2n) is 4.19. The molecule has 0 radical (unpaired) electrons. The highest BCUT2D eigenvalue weighted by Crippen LogP contribution is 2.25. The third-order valence-electron chi connectivity index (χ3n) is 2.91. The van der Waals surface area contributed by atoms with Crippen molar-refractivity contribution < 1.29 is 4.42 Å². The minimum Gasteiger partial charge on any atom is -0.472 e. The number of hydrogen-bond donors (Lipinski definition) is 1. The highest BCUT2D eigenvalue weighted by atomic mass is 79.9. The van der Waals surface area contributed by atoms with Crippen molar-refractivity contribution in [2.24, 2.45) is 0 Å². The molecule has 2 atom stereocenters. The molecule has 0 aliphatic rings. The molecule has 90 valence electrons. The molecule has 17 heavy (non-hydrogen) atoms. The average Bonchev–Trinajstić information content (AvgIpc) is 2.82. The molecule has 0 aliphatic heterocycles. The second-order valence-corrected chi connectivity index (χ2v) is 5.04. The highest BCUT2D eigenvalue weighted by Gasteiger charge is 2.13. The molecule has 0 saturated carbocycles. The Bertz CT molecular complexity index is 467. The van der Waals surface area contributed by atoms with E-state index in [1.54, 1.807) is 12.5 Å². The molecule has 0 spiro atoms. The summed E-state index contributed by atoms with van der Waals surface area (Å²) >= 11 is 3.58. The number of hydrogen-bond acceptors (Lipinski definition) is 2. The van der Waals surface area contributed by atoms with Crippen LogP contribution in [0.15, 0.2) is 51.7 Å². The molecular formula is C14H16BrNO. The van der Waals surface area contributed by atoms with E-state index < -0.39 is 0 Å². The first-order valence-corrected chi connectivity index (χ1v) is 6.50. The van der Waals surface area contributed by atoms with Crippen molar-refractivity contribution in [3.05, 3.63) is 58.5 Å². The van der Waals surface area contributed by atoms with Gasteiger partial charge in [0.15, 0.2) is 0 Å². The van der Waals surface area contributed by atoms with Crippen LogP contribution in [-0.2, 0) is 0 Å². The Morgan fingerprint density at radius 3 is 2.53 bits per heavy atom. The van der Waals surface area contributed by atoms with Gasteiger partial charge in [0.05, 0.1) is 12.5 Å². The van der Waals surface area contributed by atoms with Crippen LogP contribution in [0.5, 0.6) is 0 Å². The Morgan fingerprint density at radius 1 is 1.12 bits per heavy atom. The van der Waals surface area contributed by atoms with Crippen molar-refractivity contribution >= 4 is 15.9 Å². The molecular weight excluding hydrogens is 278 g/mol. The van der Waals surface area contributed by atoms with Gasteiger partial charge in [-0.15, -0.1) is 0 Å². The van der Waals surface area contributed by atoms with Gasteiger partial charge in [0.25, 0.3) is 0 Å². The first-order chi connectivity index (χ1) is 8.18. The van der Waals surface area contributed by atoms with Crippen molar-refractivity contribution in [2.45, 2.75) is 25.9 Å². The Morgan fingerprint density at radius 2 is 1.88 bits per heavy atom. The first kappa shape index (κ1) is 12.4. The number of benzene rings is 1. The van der Waals surface area contributed by atoms with Crippen LogP contribution in [0, 0.1) is 0 Å². The molecule has 0 saturated heterocycles. The quantitative estimate of drug-likeness (QED) is 0.901. The maximum absolute atomic E-state index is 5.10. The molecule has 0 aliphatic carbocycles. The van der Waals surface area contributed by atoms with Gasteiger partial charge in [-0.25, -0.2) is 0 Å². The predicted octanol–water partition coefficient (Wildman–Crippen LogP) is 4.45. The van der Waals surface area contributed by atoms with E-state index in [0.29, 0.717) is 0 Å². The fourth-order valence-corrected chi connectivity index (χ4v) is 2.54. The molecule has 2 aromatic rings. The summed E-state index contributed by atoms with van der Waals surface area (Å²) in [5.41, 5.74) is 2.44. The Kier molecular flexibility index (Phi) is 4.02. The highest BCUT2D eigenvalue weighted by molar-refractivity contribution is 9.10. The minimum absolute atomic E-state index is 0.274. The lowest BCUT2D eigenvalue weighted by Gasteiger charge is -2.20. The molecule has 2 rings (SSSR count). The topological polar surface area (TPSA) is 25.2 Å². The maximum atomic E-state index is 5.10. The van der Waals surface area contributed by atoms with Crippen LogP contribution in [0.2, 0.25) is 0 Å². The molecule has 2 unspecified atom stereocenters. The zero-order chi connectivity index (χ0) is 12.3. The van der Waals surface area contributed by atoms with Crippen LogP contribution in [0.4, 0.5) is 0 Å². The smallest absolute Gasteiger partial charge is 0.0950 e. The lowest BCUT2D eigenvalue weighted by atomic mass is 10.1. The largest absolute Gasteiger partial charge is 0.472 e. The number of halogens is 1. The molecule has 1 aromatic heterocycles. The lowest BCUT2D eigenvalue weighted by Crippen LogP contribution is -2.22. The minimum atomic E-state index is 0.274. The Hall–Kier alpha value is -1.06. The normalized spacial score (nSPS) is 14.5. The number of rotatable bonds is 4. The molecule has 1 aromatic carbocycles. The van der Waals surface area contributed by atoms with Crippen molar-refractivity contribution in [2.75, 3.05) is 0 Å². The monoisotopic (exact) mass is 293 g/mol. The van der Waals surface area contributed by atoms with E-state index in [0.717, 1.165) is 4.47 Å². The van der Waals surface area contributed by atoms with Crippen LogP contribution < -0.4 is 5.32 Å². The van der Waals surface area contributed by atoms with Gasteiger partial charge >= 0.3 is 0 Å². The van der Waals surface area contributed by atoms with Gasteiger partial charge in [0, 0.05) is 22.1 Å². The zero-order valence-corrected chi connectivity index (χ0v) is 11.6. The molecule has 0 fully saturated rings. The first-order valence-electron chi connectivity index (χ1n) is 5.71. The van der Waals surface area contributed by atoms with E-state index >= 15 is 0 Å². The van der Waals surface area contributed by atoms with Crippen LogP contribution in [0.1, 0.15) is 37.1 Å². The van der Waals surface area contributed by atoms with Crippen LogP contribution >= 0.6 is 15.9 Å². The van der Waals surface area contributed by atoms with Crippen molar-refractivity contribution in [1.82, 2.24) is 5.32 Å². The molecule has 1 heterocycles. The van der Waals surface area contributed by atoms with Crippen molar-refractivity contribution in [3.63, 3.8) is 0 Å². The van der Waals surface area contributed by atoms with E-state index in [1.807, 2.05) is 12.1 Å². The summed E-state index contributed by atoms with van der Waals surface area (Å²) in [5, 5.41) is 3.55. The predicted molar refractivity (Wildman–Crippen MR) is 72.8 cm³/mol. The summed E-state index contributed by atoms with van der Waals surface area (Å²) in [5.74, 6) is 0. The fourth-order valence-electron chi connectivity index (χ4n) is 1.91. The Balaban J connectivity index is 2.07. The van der Waals surface area contributed by atoms with Crippen LogP contribution in [0.3, 0.4) is 0 Å².